The van der Waals surface area contributed by atoms with Gasteiger partial charge in [0.2, 0.25) is 0 Å². The Morgan fingerprint density at radius 1 is 1.17 bits per heavy atom. The molecule has 0 aromatic heterocycles. The van der Waals surface area contributed by atoms with Crippen molar-refractivity contribution in [3.8, 4) is 0 Å². The topological polar surface area (TPSA) is 104 Å². The lowest BCUT2D eigenvalue weighted by Gasteiger charge is -2.24. The van der Waals surface area contributed by atoms with Gasteiger partial charge in [0.05, 0.1) is 5.56 Å². The van der Waals surface area contributed by atoms with E-state index in [-0.39, 0.29) is 16.5 Å². The van der Waals surface area contributed by atoms with Crippen LogP contribution in [0.15, 0.2) is 29.2 Å². The fourth-order valence-corrected chi connectivity index (χ4v) is 4.33. The molecule has 3 rings (SSSR count). The highest BCUT2D eigenvalue weighted by Gasteiger charge is 2.45. The number of amides is 3. The number of nitrogens with one attached hydrogen (secondary N) is 1. The summed E-state index contributed by atoms with van der Waals surface area (Å²) in [6.07, 6.45) is 4.78. The monoisotopic (exact) mass is 340 g/mol. The van der Waals surface area contributed by atoms with Crippen LogP contribution in [0.25, 0.3) is 0 Å². The van der Waals surface area contributed by atoms with Gasteiger partial charge in [0.25, 0.3) is 15.9 Å². The molecule has 2 N–H and O–H groups in total. The van der Waals surface area contributed by atoms with Gasteiger partial charge in [-0.2, -0.15) is 0 Å². The van der Waals surface area contributed by atoms with Crippen LogP contribution in [0, 0.1) is 0 Å². The van der Waals surface area contributed by atoms with Gasteiger partial charge in [-0.25, -0.2) is 13.2 Å². The third kappa shape index (κ3) is 3.23. The molecule has 1 aromatic rings. The summed E-state index contributed by atoms with van der Waals surface area (Å²) in [5.41, 5.74) is 0.0521. The minimum Gasteiger partial charge on any atom is -0.400 e. The lowest BCUT2D eigenvalue weighted by atomic mass is 9.96. The average Bonchev–Trinajstić information content (AvgIpc) is 2.77. The van der Waals surface area contributed by atoms with E-state index in [9.17, 15) is 18.0 Å². The fourth-order valence-electron chi connectivity index (χ4n) is 2.87. The van der Waals surface area contributed by atoms with E-state index in [4.69, 9.17) is 5.11 Å². The number of sulfonamides is 1. The molecule has 1 aliphatic heterocycles. The van der Waals surface area contributed by atoms with E-state index in [1.165, 1.54) is 18.2 Å². The van der Waals surface area contributed by atoms with Crippen molar-refractivity contribution in [3.63, 3.8) is 0 Å². The highest BCUT2D eigenvalue weighted by molar-refractivity contribution is 7.90. The first-order chi connectivity index (χ1) is 11.0. The molecule has 1 aromatic carbocycles. The average molecular weight is 340 g/mol. The molecule has 23 heavy (non-hydrogen) atoms. The zero-order chi connectivity index (χ0) is 17.0. The number of nitrogens with zero attached hydrogens (tertiary/aromatic N) is 1. The third-order valence-corrected chi connectivity index (χ3v) is 5.66. The predicted octanol–water partition coefficient (Wildman–Crippen LogP) is 1.48. The number of aliphatic hydroxyl groups excluding tert-OH is 1. The van der Waals surface area contributed by atoms with Crippen molar-refractivity contribution in [2.75, 3.05) is 7.11 Å². The molecule has 1 heterocycles. The number of hydrogen-bond acceptors (Lipinski definition) is 5. The molecule has 0 unspecified atom stereocenters. The lowest BCUT2D eigenvalue weighted by Crippen LogP contribution is -2.47. The van der Waals surface area contributed by atoms with Gasteiger partial charge in [-0.1, -0.05) is 31.4 Å². The first-order valence-electron chi connectivity index (χ1n) is 7.46. The molecule has 1 saturated carbocycles. The summed E-state index contributed by atoms with van der Waals surface area (Å²) in [7, 11) is -3.07. The molecule has 3 amide bonds. The van der Waals surface area contributed by atoms with Gasteiger partial charge in [0, 0.05) is 13.2 Å². The number of urea groups is 1. The fraction of sp³-hybridized carbons (Fsp3) is 0.467. The van der Waals surface area contributed by atoms with Crippen molar-refractivity contribution in [2.45, 2.75) is 43.0 Å². The summed E-state index contributed by atoms with van der Waals surface area (Å²) >= 11 is 0. The van der Waals surface area contributed by atoms with Gasteiger partial charge in [-0.3, -0.25) is 4.79 Å². The molecular weight excluding hydrogens is 320 g/mol. The minimum atomic E-state index is -4.07. The van der Waals surface area contributed by atoms with Gasteiger partial charge in [0.15, 0.2) is 0 Å². The number of hydrogen-bond donors (Lipinski definition) is 2. The molecule has 2 aliphatic rings. The Kier molecular flexibility index (Phi) is 5.38. The van der Waals surface area contributed by atoms with Crippen LogP contribution in [0.1, 0.15) is 42.5 Å². The van der Waals surface area contributed by atoms with E-state index < -0.39 is 22.0 Å². The Labute approximate surface area is 135 Å². The molecule has 0 saturated heterocycles. The Hall–Kier alpha value is -1.93. The molecule has 1 aliphatic carbocycles. The minimum absolute atomic E-state index is 0.0521. The van der Waals surface area contributed by atoms with E-state index in [0.717, 1.165) is 39.2 Å². The van der Waals surface area contributed by atoms with Crippen molar-refractivity contribution in [1.29, 1.82) is 0 Å². The van der Waals surface area contributed by atoms with Crippen LogP contribution in [0.4, 0.5) is 4.79 Å². The van der Waals surface area contributed by atoms with Crippen LogP contribution in [0.5, 0.6) is 0 Å². The molecular formula is C15H20N2O5S. The second-order valence-corrected chi connectivity index (χ2v) is 7.11. The molecule has 0 bridgehead atoms. The maximum absolute atomic E-state index is 12.3. The van der Waals surface area contributed by atoms with Crippen molar-refractivity contribution in [3.05, 3.63) is 29.8 Å². The zero-order valence-corrected chi connectivity index (χ0v) is 13.7. The van der Waals surface area contributed by atoms with Crippen LogP contribution < -0.4 is 5.32 Å². The molecule has 0 atom stereocenters. The normalized spacial score (nSPS) is 19.6. The highest BCUT2D eigenvalue weighted by atomic mass is 32.2. The van der Waals surface area contributed by atoms with Crippen LogP contribution in [-0.2, 0) is 10.0 Å². The van der Waals surface area contributed by atoms with Crippen LogP contribution in [0.3, 0.4) is 0 Å². The number of carbonyl (C=O) groups excluding carboxylic acids is 2. The number of carbonyl (C=O) groups is 2. The number of imide groups is 1. The lowest BCUT2D eigenvalue weighted by molar-refractivity contribution is 0.0891. The second-order valence-electron chi connectivity index (χ2n) is 5.36. The number of rotatable bonds is 1. The van der Waals surface area contributed by atoms with Gasteiger partial charge in [-0.15, -0.1) is 4.31 Å². The van der Waals surface area contributed by atoms with Crippen molar-refractivity contribution in [2.24, 2.45) is 0 Å². The molecule has 8 heteroatoms. The quantitative estimate of drug-likeness (QED) is 0.806. The van der Waals surface area contributed by atoms with Crippen molar-refractivity contribution >= 4 is 22.0 Å². The van der Waals surface area contributed by atoms with Crippen LogP contribution in [-0.4, -0.2) is 42.9 Å². The molecule has 126 valence electrons. The Morgan fingerprint density at radius 3 is 2.39 bits per heavy atom. The summed E-state index contributed by atoms with van der Waals surface area (Å²) in [6.45, 7) is 0. The summed E-state index contributed by atoms with van der Waals surface area (Å²) < 4.78 is 25.0. The summed E-state index contributed by atoms with van der Waals surface area (Å²) in [4.78, 5) is 24.3. The van der Waals surface area contributed by atoms with Crippen molar-refractivity contribution in [1.82, 2.24) is 9.62 Å². The summed E-state index contributed by atoms with van der Waals surface area (Å²) in [5, 5.41) is 9.67. The van der Waals surface area contributed by atoms with E-state index >= 15 is 0 Å². The molecule has 7 nitrogen and oxygen atoms in total. The standard InChI is InChI=1S/C14H16N2O4S.CH4O/c17-13-11-8-4-5-9-12(11)21(19,20)16(13)14(18)15-10-6-2-1-3-7-10;1-2/h4-5,8-10H,1-3,6-7H2,(H,15,18);2H,1H3. The van der Waals surface area contributed by atoms with E-state index in [0.29, 0.717) is 4.31 Å². The third-order valence-electron chi connectivity index (χ3n) is 3.94. The maximum Gasteiger partial charge on any atom is 0.338 e. The first-order valence-corrected chi connectivity index (χ1v) is 8.90. The SMILES string of the molecule is CO.O=C(NC1CCCCC1)N1C(=O)c2ccccc2S1(=O)=O. The Balaban J connectivity index is 0.000000924. The summed E-state index contributed by atoms with van der Waals surface area (Å²) in [5.74, 6) is -0.779. The van der Waals surface area contributed by atoms with E-state index in [1.807, 2.05) is 0 Å². The van der Waals surface area contributed by atoms with Gasteiger partial charge >= 0.3 is 6.03 Å². The molecule has 0 radical (unpaired) electrons. The molecule has 1 fully saturated rings. The van der Waals surface area contributed by atoms with Crippen LogP contribution in [0.2, 0.25) is 0 Å². The van der Waals surface area contributed by atoms with Gasteiger partial charge in [-0.05, 0) is 25.0 Å². The van der Waals surface area contributed by atoms with Crippen molar-refractivity contribution < 1.29 is 23.1 Å². The zero-order valence-electron chi connectivity index (χ0n) is 12.9. The second kappa shape index (κ2) is 7.10. The summed E-state index contributed by atoms with van der Waals surface area (Å²) in [6, 6.07) is 4.97. The van der Waals surface area contributed by atoms with E-state index in [2.05, 4.69) is 5.32 Å². The smallest absolute Gasteiger partial charge is 0.338 e. The largest absolute Gasteiger partial charge is 0.400 e. The van der Waals surface area contributed by atoms with Gasteiger partial charge in [0.1, 0.15) is 4.90 Å². The number of aliphatic hydroxyl groups is 1. The highest BCUT2D eigenvalue weighted by Crippen LogP contribution is 2.30. The first kappa shape index (κ1) is 17.4. The maximum atomic E-state index is 12.3. The predicted molar refractivity (Wildman–Crippen MR) is 83.3 cm³/mol. The number of fused-ring (bicyclic) bond motifs is 1. The number of benzene rings is 1. The van der Waals surface area contributed by atoms with Gasteiger partial charge < -0.3 is 10.4 Å². The van der Waals surface area contributed by atoms with E-state index in [1.54, 1.807) is 6.07 Å². The Bertz CT molecular complexity index is 696. The Morgan fingerprint density at radius 2 is 1.78 bits per heavy atom. The van der Waals surface area contributed by atoms with Crippen LogP contribution >= 0.6 is 0 Å². The molecule has 0 spiro atoms.